The molecular weight excluding hydrogens is 423 g/mol. The predicted molar refractivity (Wildman–Crippen MR) is 123 cm³/mol. The lowest BCUT2D eigenvalue weighted by Gasteiger charge is -2.15. The molecule has 3 heterocycles. The number of para-hydroxylation sites is 1. The number of halogens is 2. The first-order valence-corrected chi connectivity index (χ1v) is 9.52. The van der Waals surface area contributed by atoms with Gasteiger partial charge in [0.1, 0.15) is 18.0 Å². The van der Waals surface area contributed by atoms with E-state index < -0.39 is 0 Å². The van der Waals surface area contributed by atoms with Gasteiger partial charge in [-0.2, -0.15) is 0 Å². The summed E-state index contributed by atoms with van der Waals surface area (Å²) in [5.41, 5.74) is 4.65. The Labute approximate surface area is 188 Å². The van der Waals surface area contributed by atoms with Crippen LogP contribution in [-0.2, 0) is 6.61 Å². The van der Waals surface area contributed by atoms with E-state index in [0.29, 0.717) is 24.5 Å². The van der Waals surface area contributed by atoms with E-state index in [1.807, 2.05) is 54.0 Å². The first-order chi connectivity index (χ1) is 13.7. The molecule has 0 radical (unpaired) electrons. The highest BCUT2D eigenvalue weighted by atomic mass is 35.5. The van der Waals surface area contributed by atoms with Crippen molar-refractivity contribution in [3.8, 4) is 5.75 Å². The average molecular weight is 449 g/mol. The minimum absolute atomic E-state index is 0. The number of ether oxygens (including phenoxy) is 1. The summed E-state index contributed by atoms with van der Waals surface area (Å²) < 4.78 is 7.93. The maximum absolute atomic E-state index is 12.7. The summed E-state index contributed by atoms with van der Waals surface area (Å²) in [5, 5.41) is 6.27. The van der Waals surface area contributed by atoms with Crippen LogP contribution in [0.25, 0.3) is 5.65 Å². The lowest BCUT2D eigenvalue weighted by Crippen LogP contribution is -2.29. The number of rotatable bonds is 6. The number of amides is 1. The minimum Gasteiger partial charge on any atom is -0.486 e. The molecule has 6 nitrogen and oxygen atoms in total. The summed E-state index contributed by atoms with van der Waals surface area (Å²) in [6.07, 6.45) is 7.02. The SMILES string of the molecule is Cc1cccn2cc(COc3ccccc3C(=O)NCC3=CCNCC3)nc12.Cl.Cl. The second-order valence-corrected chi connectivity index (χ2v) is 6.94. The van der Waals surface area contributed by atoms with Gasteiger partial charge in [0.2, 0.25) is 0 Å². The number of carbonyl (C=O) groups is 1. The third-order valence-electron chi connectivity index (χ3n) is 4.87. The smallest absolute Gasteiger partial charge is 0.255 e. The summed E-state index contributed by atoms with van der Waals surface area (Å²) >= 11 is 0. The zero-order chi connectivity index (χ0) is 19.3. The van der Waals surface area contributed by atoms with Gasteiger partial charge in [0.25, 0.3) is 5.91 Å². The molecule has 0 saturated carbocycles. The lowest BCUT2D eigenvalue weighted by molar-refractivity contribution is 0.0952. The third kappa shape index (κ3) is 5.53. The number of imidazole rings is 1. The van der Waals surface area contributed by atoms with E-state index in [1.54, 1.807) is 6.07 Å². The summed E-state index contributed by atoms with van der Waals surface area (Å²) in [6, 6.07) is 11.3. The van der Waals surface area contributed by atoms with E-state index in [-0.39, 0.29) is 30.7 Å². The van der Waals surface area contributed by atoms with Crippen molar-refractivity contribution >= 4 is 36.4 Å². The van der Waals surface area contributed by atoms with Crippen LogP contribution in [0.1, 0.15) is 28.0 Å². The Bertz CT molecular complexity index is 1030. The van der Waals surface area contributed by atoms with Crippen molar-refractivity contribution in [1.82, 2.24) is 20.0 Å². The standard InChI is InChI=1S/C22H24N4O2.2ClH/c1-16-5-4-12-26-14-18(25-21(16)26)15-28-20-7-3-2-6-19(20)22(27)24-13-17-8-10-23-11-9-17;;/h2-8,12,14,23H,9-11,13,15H2,1H3,(H,24,27);2*1H. The van der Waals surface area contributed by atoms with Crippen molar-refractivity contribution in [3.05, 3.63) is 77.3 Å². The summed E-state index contributed by atoms with van der Waals surface area (Å²) in [6.45, 7) is 4.73. The van der Waals surface area contributed by atoms with Crippen LogP contribution in [0.15, 0.2) is 60.4 Å². The average Bonchev–Trinajstić information content (AvgIpc) is 3.16. The van der Waals surface area contributed by atoms with Gasteiger partial charge in [-0.1, -0.05) is 29.8 Å². The molecule has 2 N–H and O–H groups in total. The van der Waals surface area contributed by atoms with Gasteiger partial charge < -0.3 is 19.8 Å². The van der Waals surface area contributed by atoms with Crippen LogP contribution in [0.2, 0.25) is 0 Å². The Kier molecular flexibility index (Phi) is 8.72. The molecule has 0 unspecified atom stereocenters. The van der Waals surface area contributed by atoms with Crippen molar-refractivity contribution in [2.75, 3.05) is 19.6 Å². The van der Waals surface area contributed by atoms with Gasteiger partial charge in [-0.05, 0) is 43.7 Å². The van der Waals surface area contributed by atoms with E-state index in [1.165, 1.54) is 5.57 Å². The molecule has 4 rings (SSSR count). The molecule has 2 aromatic heterocycles. The van der Waals surface area contributed by atoms with E-state index in [2.05, 4.69) is 21.7 Å². The van der Waals surface area contributed by atoms with E-state index in [0.717, 1.165) is 36.4 Å². The van der Waals surface area contributed by atoms with Crippen molar-refractivity contribution in [1.29, 1.82) is 0 Å². The van der Waals surface area contributed by atoms with Crippen LogP contribution in [0.5, 0.6) is 5.75 Å². The fourth-order valence-electron chi connectivity index (χ4n) is 3.32. The Hall–Kier alpha value is -2.54. The molecule has 1 aromatic carbocycles. The molecule has 0 atom stereocenters. The molecule has 1 amide bonds. The van der Waals surface area contributed by atoms with Gasteiger partial charge >= 0.3 is 0 Å². The van der Waals surface area contributed by atoms with Crippen LogP contribution in [0.3, 0.4) is 0 Å². The number of benzene rings is 1. The number of hydrogen-bond donors (Lipinski definition) is 2. The summed E-state index contributed by atoms with van der Waals surface area (Å²) in [5.74, 6) is 0.439. The van der Waals surface area contributed by atoms with Crippen LogP contribution >= 0.6 is 24.8 Å². The normalized spacial score (nSPS) is 13.0. The van der Waals surface area contributed by atoms with Gasteiger partial charge in [-0.3, -0.25) is 4.79 Å². The molecule has 1 aliphatic heterocycles. The number of nitrogens with one attached hydrogen (secondary N) is 2. The highest BCUT2D eigenvalue weighted by molar-refractivity contribution is 5.97. The Balaban J connectivity index is 0.00000160. The van der Waals surface area contributed by atoms with E-state index in [4.69, 9.17) is 4.74 Å². The molecule has 0 fully saturated rings. The molecule has 0 saturated heterocycles. The number of aryl methyl sites for hydroxylation is 1. The fraction of sp³-hybridized carbons (Fsp3) is 0.273. The molecule has 160 valence electrons. The van der Waals surface area contributed by atoms with Gasteiger partial charge in [0.05, 0.1) is 11.3 Å². The number of pyridine rings is 1. The van der Waals surface area contributed by atoms with Crippen molar-refractivity contribution < 1.29 is 9.53 Å². The molecule has 1 aliphatic rings. The van der Waals surface area contributed by atoms with Crippen molar-refractivity contribution in [3.63, 3.8) is 0 Å². The van der Waals surface area contributed by atoms with Crippen LogP contribution in [0.4, 0.5) is 0 Å². The second kappa shape index (κ2) is 11.0. The highest BCUT2D eigenvalue weighted by Gasteiger charge is 2.14. The van der Waals surface area contributed by atoms with Crippen LogP contribution < -0.4 is 15.4 Å². The number of hydrogen-bond acceptors (Lipinski definition) is 4. The Morgan fingerprint density at radius 1 is 1.23 bits per heavy atom. The zero-order valence-corrected chi connectivity index (χ0v) is 18.4. The molecule has 3 aromatic rings. The summed E-state index contributed by atoms with van der Waals surface area (Å²) in [4.78, 5) is 17.3. The first-order valence-electron chi connectivity index (χ1n) is 9.52. The predicted octanol–water partition coefficient (Wildman–Crippen LogP) is 3.71. The quantitative estimate of drug-likeness (QED) is 0.563. The molecule has 0 spiro atoms. The lowest BCUT2D eigenvalue weighted by atomic mass is 10.1. The second-order valence-electron chi connectivity index (χ2n) is 6.94. The van der Waals surface area contributed by atoms with Crippen LogP contribution in [0, 0.1) is 6.92 Å². The van der Waals surface area contributed by atoms with Gasteiger partial charge in [0, 0.05) is 25.5 Å². The highest BCUT2D eigenvalue weighted by Crippen LogP contribution is 2.20. The maximum Gasteiger partial charge on any atom is 0.255 e. The Morgan fingerprint density at radius 2 is 2.07 bits per heavy atom. The largest absolute Gasteiger partial charge is 0.486 e. The summed E-state index contributed by atoms with van der Waals surface area (Å²) in [7, 11) is 0. The molecule has 0 aliphatic carbocycles. The monoisotopic (exact) mass is 448 g/mol. The minimum atomic E-state index is -0.124. The fourth-order valence-corrected chi connectivity index (χ4v) is 3.32. The molecule has 30 heavy (non-hydrogen) atoms. The first kappa shape index (κ1) is 23.7. The van der Waals surface area contributed by atoms with E-state index in [9.17, 15) is 4.79 Å². The van der Waals surface area contributed by atoms with Crippen LogP contribution in [-0.4, -0.2) is 34.9 Å². The van der Waals surface area contributed by atoms with Gasteiger partial charge in [-0.25, -0.2) is 4.98 Å². The number of fused-ring (bicyclic) bond motifs is 1. The van der Waals surface area contributed by atoms with Gasteiger partial charge in [0.15, 0.2) is 0 Å². The molecular formula is C22H26Cl2N4O2. The Morgan fingerprint density at radius 3 is 2.83 bits per heavy atom. The van der Waals surface area contributed by atoms with E-state index >= 15 is 0 Å². The number of carbonyl (C=O) groups excluding carboxylic acids is 1. The van der Waals surface area contributed by atoms with Gasteiger partial charge in [-0.15, -0.1) is 24.8 Å². The molecule has 0 bridgehead atoms. The number of aromatic nitrogens is 2. The third-order valence-corrected chi connectivity index (χ3v) is 4.87. The van der Waals surface area contributed by atoms with Crippen molar-refractivity contribution in [2.24, 2.45) is 0 Å². The molecule has 8 heteroatoms. The maximum atomic E-state index is 12.7. The van der Waals surface area contributed by atoms with Crippen molar-refractivity contribution in [2.45, 2.75) is 20.0 Å². The topological polar surface area (TPSA) is 67.7 Å². The number of nitrogens with zero attached hydrogens (tertiary/aromatic N) is 2. The zero-order valence-electron chi connectivity index (χ0n) is 16.8.